The number of rotatable bonds is 2. The van der Waals surface area contributed by atoms with Gasteiger partial charge in [0.1, 0.15) is 5.75 Å². The summed E-state index contributed by atoms with van der Waals surface area (Å²) in [6.45, 7) is 0. The van der Waals surface area contributed by atoms with Crippen molar-refractivity contribution in [1.82, 2.24) is 4.98 Å². The van der Waals surface area contributed by atoms with E-state index in [-0.39, 0.29) is 0 Å². The van der Waals surface area contributed by atoms with Crippen LogP contribution in [0.4, 0.5) is 5.69 Å². The lowest BCUT2D eigenvalue weighted by atomic mass is 10.1. The molecule has 3 nitrogen and oxygen atoms in total. The third-order valence-corrected chi connectivity index (χ3v) is 2.17. The van der Waals surface area contributed by atoms with E-state index >= 15 is 0 Å². The molecule has 0 bridgehead atoms. The predicted octanol–water partition coefficient (Wildman–Crippen LogP) is 2.34. The Bertz CT molecular complexity index is 451. The number of hydrogen-bond acceptors (Lipinski definition) is 3. The van der Waals surface area contributed by atoms with E-state index in [9.17, 15) is 0 Å². The molecular weight excluding hydrogens is 188 g/mol. The zero-order chi connectivity index (χ0) is 10.7. The third kappa shape index (κ3) is 2.07. The summed E-state index contributed by atoms with van der Waals surface area (Å²) in [6.07, 6.45) is 1.70. The number of benzene rings is 1. The summed E-state index contributed by atoms with van der Waals surface area (Å²) in [5, 5.41) is 0. The lowest BCUT2D eigenvalue weighted by Gasteiger charge is -2.03. The molecule has 2 N–H and O–H groups in total. The summed E-state index contributed by atoms with van der Waals surface area (Å²) in [4.78, 5) is 4.24. The van der Waals surface area contributed by atoms with E-state index in [0.717, 1.165) is 22.7 Å². The van der Waals surface area contributed by atoms with E-state index in [1.54, 1.807) is 19.4 Å². The molecule has 76 valence electrons. The van der Waals surface area contributed by atoms with Gasteiger partial charge in [-0.05, 0) is 36.4 Å². The Morgan fingerprint density at radius 3 is 2.47 bits per heavy atom. The van der Waals surface area contributed by atoms with Crippen LogP contribution in [0.2, 0.25) is 0 Å². The maximum atomic E-state index is 5.69. The highest BCUT2D eigenvalue weighted by Crippen LogP contribution is 2.21. The van der Waals surface area contributed by atoms with Crippen LogP contribution in [0.15, 0.2) is 42.6 Å². The van der Waals surface area contributed by atoms with Gasteiger partial charge in [0.15, 0.2) is 0 Å². The summed E-state index contributed by atoms with van der Waals surface area (Å²) in [5.41, 5.74) is 8.31. The third-order valence-electron chi connectivity index (χ3n) is 2.17. The first-order valence-electron chi connectivity index (χ1n) is 4.65. The lowest BCUT2D eigenvalue weighted by molar-refractivity contribution is 0.415. The fourth-order valence-corrected chi connectivity index (χ4v) is 1.37. The van der Waals surface area contributed by atoms with Gasteiger partial charge >= 0.3 is 0 Å². The van der Waals surface area contributed by atoms with Gasteiger partial charge in [0, 0.05) is 17.4 Å². The number of aromatic nitrogens is 1. The molecule has 0 radical (unpaired) electrons. The second kappa shape index (κ2) is 4.00. The zero-order valence-corrected chi connectivity index (χ0v) is 8.47. The van der Waals surface area contributed by atoms with Crippen molar-refractivity contribution in [3.8, 4) is 17.0 Å². The van der Waals surface area contributed by atoms with Crippen molar-refractivity contribution in [2.24, 2.45) is 0 Å². The van der Waals surface area contributed by atoms with Gasteiger partial charge in [-0.15, -0.1) is 0 Å². The van der Waals surface area contributed by atoms with E-state index in [1.165, 1.54) is 0 Å². The van der Waals surface area contributed by atoms with Crippen molar-refractivity contribution in [1.29, 1.82) is 0 Å². The molecule has 0 fully saturated rings. The SMILES string of the molecule is COc1ccc(-c2cc(N)ccn2)cc1. The molecule has 0 unspecified atom stereocenters. The normalized spacial score (nSPS) is 9.93. The van der Waals surface area contributed by atoms with E-state index < -0.39 is 0 Å². The Hall–Kier alpha value is -2.03. The maximum absolute atomic E-state index is 5.69. The van der Waals surface area contributed by atoms with Crippen LogP contribution in [-0.4, -0.2) is 12.1 Å². The number of anilines is 1. The fourth-order valence-electron chi connectivity index (χ4n) is 1.37. The molecule has 2 aromatic rings. The molecule has 2 rings (SSSR count). The molecule has 0 amide bonds. The van der Waals surface area contributed by atoms with Gasteiger partial charge in [-0.25, -0.2) is 0 Å². The topological polar surface area (TPSA) is 48.1 Å². The predicted molar refractivity (Wildman–Crippen MR) is 60.6 cm³/mol. The molecule has 1 aromatic carbocycles. The quantitative estimate of drug-likeness (QED) is 0.809. The monoisotopic (exact) mass is 200 g/mol. The number of ether oxygens (including phenoxy) is 1. The van der Waals surface area contributed by atoms with Gasteiger partial charge in [0.05, 0.1) is 12.8 Å². The first-order valence-corrected chi connectivity index (χ1v) is 4.65. The highest BCUT2D eigenvalue weighted by molar-refractivity contribution is 5.63. The molecule has 1 heterocycles. The van der Waals surface area contributed by atoms with Crippen LogP contribution in [0.5, 0.6) is 5.75 Å². The number of methoxy groups -OCH3 is 1. The maximum Gasteiger partial charge on any atom is 0.118 e. The molecule has 0 aliphatic heterocycles. The Balaban J connectivity index is 2.37. The van der Waals surface area contributed by atoms with Crippen LogP contribution in [0.3, 0.4) is 0 Å². The second-order valence-electron chi connectivity index (χ2n) is 3.20. The van der Waals surface area contributed by atoms with Crippen molar-refractivity contribution < 1.29 is 4.74 Å². The number of nitrogens with two attached hydrogens (primary N) is 1. The van der Waals surface area contributed by atoms with Gasteiger partial charge in [-0.1, -0.05) is 0 Å². The summed E-state index contributed by atoms with van der Waals surface area (Å²) < 4.78 is 5.08. The number of nitrogens with zero attached hydrogens (tertiary/aromatic N) is 1. The average molecular weight is 200 g/mol. The Kier molecular flexibility index (Phi) is 2.54. The van der Waals surface area contributed by atoms with Gasteiger partial charge in [-0.2, -0.15) is 0 Å². The van der Waals surface area contributed by atoms with Crippen LogP contribution in [0, 0.1) is 0 Å². The number of hydrogen-bond donors (Lipinski definition) is 1. The standard InChI is InChI=1S/C12H12N2O/c1-15-11-4-2-9(3-5-11)12-8-10(13)6-7-14-12/h2-8H,1H3,(H2,13,14). The molecule has 0 aliphatic rings. The smallest absolute Gasteiger partial charge is 0.118 e. The number of nitrogen functional groups attached to an aromatic ring is 1. The molecule has 0 aliphatic carbocycles. The number of pyridine rings is 1. The minimum atomic E-state index is 0.718. The molecule has 0 atom stereocenters. The molecule has 0 saturated heterocycles. The van der Waals surface area contributed by atoms with E-state index in [4.69, 9.17) is 10.5 Å². The average Bonchev–Trinajstić information content (AvgIpc) is 2.29. The lowest BCUT2D eigenvalue weighted by Crippen LogP contribution is -1.88. The second-order valence-corrected chi connectivity index (χ2v) is 3.20. The van der Waals surface area contributed by atoms with Gasteiger partial charge in [-0.3, -0.25) is 4.98 Å². The minimum Gasteiger partial charge on any atom is -0.497 e. The van der Waals surface area contributed by atoms with E-state index in [2.05, 4.69) is 4.98 Å². The summed E-state index contributed by atoms with van der Waals surface area (Å²) in [6, 6.07) is 11.3. The summed E-state index contributed by atoms with van der Waals surface area (Å²) in [7, 11) is 1.65. The Morgan fingerprint density at radius 1 is 1.13 bits per heavy atom. The summed E-state index contributed by atoms with van der Waals surface area (Å²) >= 11 is 0. The van der Waals surface area contributed by atoms with Crippen molar-refractivity contribution >= 4 is 5.69 Å². The van der Waals surface area contributed by atoms with Crippen molar-refractivity contribution in [2.45, 2.75) is 0 Å². The van der Waals surface area contributed by atoms with E-state index in [1.807, 2.05) is 30.3 Å². The molecule has 15 heavy (non-hydrogen) atoms. The van der Waals surface area contributed by atoms with Crippen LogP contribution in [-0.2, 0) is 0 Å². The molecule has 0 spiro atoms. The van der Waals surface area contributed by atoms with Gasteiger partial charge in [0.25, 0.3) is 0 Å². The van der Waals surface area contributed by atoms with Crippen LogP contribution < -0.4 is 10.5 Å². The fraction of sp³-hybridized carbons (Fsp3) is 0.0833. The van der Waals surface area contributed by atoms with Gasteiger partial charge in [0.2, 0.25) is 0 Å². The van der Waals surface area contributed by atoms with Gasteiger partial charge < -0.3 is 10.5 Å². The van der Waals surface area contributed by atoms with Crippen molar-refractivity contribution in [3.05, 3.63) is 42.6 Å². The van der Waals surface area contributed by atoms with Crippen molar-refractivity contribution in [3.63, 3.8) is 0 Å². The first kappa shape index (κ1) is 9.52. The highest BCUT2D eigenvalue weighted by atomic mass is 16.5. The van der Waals surface area contributed by atoms with Crippen LogP contribution in [0.1, 0.15) is 0 Å². The summed E-state index contributed by atoms with van der Waals surface area (Å²) in [5.74, 6) is 0.836. The Labute approximate surface area is 88.5 Å². The minimum absolute atomic E-state index is 0.718. The Morgan fingerprint density at radius 2 is 1.87 bits per heavy atom. The molecule has 0 saturated carbocycles. The highest BCUT2D eigenvalue weighted by Gasteiger charge is 1.99. The molecule has 1 aromatic heterocycles. The first-order chi connectivity index (χ1) is 7.29. The molecular formula is C12H12N2O. The largest absolute Gasteiger partial charge is 0.497 e. The van der Waals surface area contributed by atoms with Crippen LogP contribution in [0.25, 0.3) is 11.3 Å². The van der Waals surface area contributed by atoms with Crippen molar-refractivity contribution in [2.75, 3.05) is 12.8 Å². The van der Waals surface area contributed by atoms with E-state index in [0.29, 0.717) is 0 Å². The molecule has 3 heteroatoms. The van der Waals surface area contributed by atoms with Crippen LogP contribution >= 0.6 is 0 Å². The zero-order valence-electron chi connectivity index (χ0n) is 8.47.